The first-order valence-electron chi connectivity index (χ1n) is 16.0. The summed E-state index contributed by atoms with van der Waals surface area (Å²) in [6, 6.07) is 20.6. The van der Waals surface area contributed by atoms with E-state index >= 15 is 0 Å². The van der Waals surface area contributed by atoms with Crippen molar-refractivity contribution in [3.05, 3.63) is 120 Å². The lowest BCUT2D eigenvalue weighted by Gasteiger charge is -2.28. The second-order valence-corrected chi connectivity index (χ2v) is 14.8. The number of ether oxygens (including phenoxy) is 3. The Labute approximate surface area is 330 Å². The molecular formula is C37H34Br2IN3O9. The lowest BCUT2D eigenvalue weighted by Crippen LogP contribution is -2.60. The minimum Gasteiger partial charge on any atom is -0.504 e. The van der Waals surface area contributed by atoms with Gasteiger partial charge in [-0.05, 0) is 108 Å². The van der Waals surface area contributed by atoms with E-state index in [2.05, 4.69) is 47.8 Å². The summed E-state index contributed by atoms with van der Waals surface area (Å²) < 4.78 is 18.9. The smallest absolute Gasteiger partial charge is 0.408 e. The molecule has 4 bridgehead atoms. The SMILES string of the molecule is CC(OCc1ccccc1)[C@@H]1NC(=O)[C@@H](NC(=O)OCc2ccccc2)Cc2cc(I)c(O)c(c2)Oc2c(Br)cc(cc2Br)C[C@@H](C(=O)O)NC1=O. The van der Waals surface area contributed by atoms with Crippen molar-refractivity contribution in [2.24, 2.45) is 0 Å². The van der Waals surface area contributed by atoms with Gasteiger partial charge in [-0.1, -0.05) is 60.7 Å². The number of carbonyl (C=O) groups is 4. The van der Waals surface area contributed by atoms with Crippen molar-refractivity contribution in [1.29, 1.82) is 0 Å². The van der Waals surface area contributed by atoms with Gasteiger partial charge >= 0.3 is 12.1 Å². The summed E-state index contributed by atoms with van der Waals surface area (Å²) in [6.45, 7) is 1.62. The largest absolute Gasteiger partial charge is 0.504 e. The Hall–Kier alpha value is -4.19. The number of amides is 3. The normalized spacial score (nSPS) is 18.3. The summed E-state index contributed by atoms with van der Waals surface area (Å²) >= 11 is 8.90. The Kier molecular flexibility index (Phi) is 13.5. The van der Waals surface area contributed by atoms with E-state index in [0.29, 0.717) is 23.6 Å². The third-order valence-electron chi connectivity index (χ3n) is 8.08. The molecule has 0 saturated carbocycles. The van der Waals surface area contributed by atoms with E-state index in [0.717, 1.165) is 11.1 Å². The molecule has 2 aliphatic heterocycles. The van der Waals surface area contributed by atoms with Crippen LogP contribution in [0.25, 0.3) is 0 Å². The van der Waals surface area contributed by atoms with Crippen LogP contribution in [0.4, 0.5) is 4.79 Å². The van der Waals surface area contributed by atoms with E-state index in [9.17, 15) is 29.4 Å². The zero-order chi connectivity index (χ0) is 37.4. The van der Waals surface area contributed by atoms with Gasteiger partial charge in [-0.25, -0.2) is 9.59 Å². The highest BCUT2D eigenvalue weighted by Gasteiger charge is 2.34. The molecule has 2 aliphatic rings. The van der Waals surface area contributed by atoms with Gasteiger partial charge in [0.15, 0.2) is 17.2 Å². The van der Waals surface area contributed by atoms with Crippen LogP contribution in [0.1, 0.15) is 29.2 Å². The van der Waals surface area contributed by atoms with Gasteiger partial charge in [0, 0.05) is 12.8 Å². The molecule has 52 heavy (non-hydrogen) atoms. The molecule has 3 amide bonds. The fourth-order valence-electron chi connectivity index (χ4n) is 5.36. The monoisotopic (exact) mass is 949 g/mol. The van der Waals surface area contributed by atoms with E-state index in [1.54, 1.807) is 49.4 Å². The number of rotatable bonds is 8. The summed E-state index contributed by atoms with van der Waals surface area (Å²) in [7, 11) is 0. The van der Waals surface area contributed by atoms with Gasteiger partial charge in [-0.15, -0.1) is 0 Å². The van der Waals surface area contributed by atoms with Crippen LogP contribution < -0.4 is 20.7 Å². The number of aromatic hydroxyl groups is 1. The van der Waals surface area contributed by atoms with Crippen LogP contribution >= 0.6 is 54.5 Å². The zero-order valence-corrected chi connectivity index (χ0v) is 32.9. The number of phenols is 1. The molecule has 6 rings (SSSR count). The maximum Gasteiger partial charge on any atom is 0.408 e. The van der Waals surface area contributed by atoms with E-state index in [1.807, 2.05) is 59.0 Å². The number of hydrogen-bond donors (Lipinski definition) is 5. The van der Waals surface area contributed by atoms with E-state index in [1.165, 1.54) is 6.07 Å². The van der Waals surface area contributed by atoms with Crippen LogP contribution in [-0.4, -0.2) is 58.3 Å². The molecule has 2 heterocycles. The van der Waals surface area contributed by atoms with Crippen LogP contribution in [0.2, 0.25) is 0 Å². The van der Waals surface area contributed by atoms with Gasteiger partial charge in [-0.2, -0.15) is 0 Å². The molecule has 4 aromatic carbocycles. The molecule has 15 heteroatoms. The first-order chi connectivity index (χ1) is 24.9. The Balaban J connectivity index is 1.53. The molecule has 12 nitrogen and oxygen atoms in total. The van der Waals surface area contributed by atoms with Crippen molar-refractivity contribution >= 4 is 78.3 Å². The standard InChI is InChI=1S/C37H34Br2IN3O9/c1-20(50-18-21-8-4-2-5-9-21)31-35(46)41-29(36(47)48)16-23-12-25(38)33(26(39)13-23)52-30-17-24(14-27(40)32(30)44)15-28(34(45)43-31)42-37(49)51-19-22-10-6-3-7-11-22/h2-14,17,20,28-29,31,44H,15-16,18-19H2,1H3,(H,41,46)(H,42,49)(H,43,45)(H,47,48)/t20?,28-,29-,31-/m0/s1. The summed E-state index contributed by atoms with van der Waals surface area (Å²) in [5.41, 5.74) is 2.57. The van der Waals surface area contributed by atoms with E-state index in [4.69, 9.17) is 14.2 Å². The van der Waals surface area contributed by atoms with Crippen molar-refractivity contribution in [1.82, 2.24) is 16.0 Å². The fourth-order valence-corrected chi connectivity index (χ4v) is 7.47. The van der Waals surface area contributed by atoms with Gasteiger partial charge in [-0.3, -0.25) is 9.59 Å². The molecule has 4 atom stereocenters. The summed E-state index contributed by atoms with van der Waals surface area (Å²) in [5, 5.41) is 29.0. The highest BCUT2D eigenvalue weighted by Crippen LogP contribution is 2.42. The summed E-state index contributed by atoms with van der Waals surface area (Å²) in [5.74, 6) is -2.70. The minimum absolute atomic E-state index is 0.0623. The Bertz CT molecular complexity index is 1910. The van der Waals surface area contributed by atoms with Gasteiger partial charge in [0.1, 0.15) is 24.7 Å². The summed E-state index contributed by atoms with van der Waals surface area (Å²) in [6.07, 6.45) is -2.10. The minimum atomic E-state index is -1.41. The number of benzene rings is 4. The second kappa shape index (κ2) is 18.0. The molecule has 0 saturated heterocycles. The number of halogens is 3. The molecule has 0 aromatic heterocycles. The number of phenolic OH excluding ortho intramolecular Hbond substituents is 1. The molecular weight excluding hydrogens is 917 g/mol. The molecule has 272 valence electrons. The predicted molar refractivity (Wildman–Crippen MR) is 206 cm³/mol. The number of fused-ring (bicyclic) bond motifs is 10. The van der Waals surface area contributed by atoms with Crippen molar-refractivity contribution in [2.75, 3.05) is 0 Å². The van der Waals surface area contributed by atoms with Crippen molar-refractivity contribution < 1.29 is 43.6 Å². The highest BCUT2D eigenvalue weighted by atomic mass is 127. The number of carbonyl (C=O) groups excluding carboxylic acids is 3. The zero-order valence-electron chi connectivity index (χ0n) is 27.6. The second-order valence-electron chi connectivity index (χ2n) is 12.0. The van der Waals surface area contributed by atoms with Crippen molar-refractivity contribution in [2.45, 2.75) is 57.2 Å². The first kappa shape index (κ1) is 39.0. The number of aliphatic carboxylic acids is 1. The van der Waals surface area contributed by atoms with Crippen molar-refractivity contribution in [3.8, 4) is 17.2 Å². The number of carboxylic acids is 1. The molecule has 5 N–H and O–H groups in total. The number of nitrogens with one attached hydrogen (secondary N) is 3. The quantitative estimate of drug-likeness (QED) is 0.126. The topological polar surface area (TPSA) is 173 Å². The molecule has 4 aromatic rings. The molecule has 0 spiro atoms. The molecule has 0 radical (unpaired) electrons. The van der Waals surface area contributed by atoms with Gasteiger partial charge in [0.25, 0.3) is 0 Å². The highest BCUT2D eigenvalue weighted by molar-refractivity contribution is 14.1. The lowest BCUT2D eigenvalue weighted by molar-refractivity contribution is -0.143. The maximum atomic E-state index is 14.1. The van der Waals surface area contributed by atoms with Crippen LogP contribution in [0, 0.1) is 3.57 Å². The Morgan fingerprint density at radius 1 is 0.904 bits per heavy atom. The van der Waals surface area contributed by atoms with Crippen LogP contribution in [0.5, 0.6) is 17.2 Å². The fraction of sp³-hybridized carbons (Fsp3) is 0.243. The van der Waals surface area contributed by atoms with Gasteiger partial charge < -0.3 is 40.4 Å². The van der Waals surface area contributed by atoms with Crippen molar-refractivity contribution in [3.63, 3.8) is 0 Å². The molecule has 0 aliphatic carbocycles. The number of alkyl carbamates (subject to hydrolysis) is 1. The number of carboxylic acid groups (broad SMARTS) is 1. The maximum absolute atomic E-state index is 14.1. The van der Waals surface area contributed by atoms with Gasteiger partial charge in [0.05, 0.1) is 25.2 Å². The average molecular weight is 951 g/mol. The van der Waals surface area contributed by atoms with Gasteiger partial charge in [0.2, 0.25) is 11.8 Å². The van der Waals surface area contributed by atoms with Crippen LogP contribution in [0.3, 0.4) is 0 Å². The van der Waals surface area contributed by atoms with Crippen LogP contribution in [-0.2, 0) is 49.9 Å². The molecule has 0 fully saturated rings. The third-order valence-corrected chi connectivity index (χ3v) is 10.1. The predicted octanol–water partition coefficient (Wildman–Crippen LogP) is 6.37. The number of hydrogen-bond acceptors (Lipinski definition) is 8. The van der Waals surface area contributed by atoms with E-state index < -0.39 is 48.1 Å². The summed E-state index contributed by atoms with van der Waals surface area (Å²) in [4.78, 5) is 53.6. The van der Waals surface area contributed by atoms with Crippen LogP contribution in [0.15, 0.2) is 93.9 Å². The average Bonchev–Trinajstić information content (AvgIpc) is 3.12. The Morgan fingerprint density at radius 3 is 2.12 bits per heavy atom. The first-order valence-corrected chi connectivity index (χ1v) is 18.7. The Morgan fingerprint density at radius 2 is 1.50 bits per heavy atom. The third kappa shape index (κ3) is 10.5. The lowest BCUT2D eigenvalue weighted by atomic mass is 10.0. The molecule has 1 unspecified atom stereocenters. The van der Waals surface area contributed by atoms with E-state index in [-0.39, 0.29) is 43.3 Å².